The van der Waals surface area contributed by atoms with Crippen LogP contribution in [-0.2, 0) is 4.79 Å². The maximum atomic E-state index is 12.0. The van der Waals surface area contributed by atoms with Crippen LogP contribution in [0.2, 0.25) is 0 Å². The van der Waals surface area contributed by atoms with Gasteiger partial charge in [-0.3, -0.25) is 9.69 Å². The number of rotatable bonds is 2. The van der Waals surface area contributed by atoms with E-state index in [-0.39, 0.29) is 0 Å². The molecule has 3 rings (SSSR count). The van der Waals surface area contributed by atoms with E-state index >= 15 is 0 Å². The topological polar surface area (TPSA) is 55.8 Å². The molecule has 0 amide bonds. The molecule has 0 aliphatic carbocycles. The molecule has 0 aromatic rings. The van der Waals surface area contributed by atoms with Crippen molar-refractivity contribution >= 4 is 5.97 Å². The van der Waals surface area contributed by atoms with Gasteiger partial charge in [0.15, 0.2) is 0 Å². The zero-order valence-electron chi connectivity index (χ0n) is 11.6. The first-order valence-electron chi connectivity index (χ1n) is 7.66. The molecule has 3 heterocycles. The highest BCUT2D eigenvalue weighted by Gasteiger charge is 2.50. The minimum Gasteiger partial charge on any atom is -0.480 e. The summed E-state index contributed by atoms with van der Waals surface area (Å²) < 4.78 is 0. The Balaban J connectivity index is 1.80. The van der Waals surface area contributed by atoms with Crippen LogP contribution in [0.5, 0.6) is 0 Å². The van der Waals surface area contributed by atoms with Gasteiger partial charge in [0.2, 0.25) is 0 Å². The van der Waals surface area contributed by atoms with Crippen LogP contribution >= 0.6 is 0 Å². The summed E-state index contributed by atoms with van der Waals surface area (Å²) >= 11 is 0. The fourth-order valence-electron chi connectivity index (χ4n) is 4.13. The molecule has 19 heavy (non-hydrogen) atoms. The van der Waals surface area contributed by atoms with E-state index < -0.39 is 11.5 Å². The molecule has 3 aliphatic rings. The van der Waals surface area contributed by atoms with Crippen molar-refractivity contribution in [2.45, 2.75) is 43.7 Å². The highest BCUT2D eigenvalue weighted by atomic mass is 16.4. The molecule has 2 atom stereocenters. The lowest BCUT2D eigenvalue weighted by molar-refractivity contribution is -0.156. The van der Waals surface area contributed by atoms with Crippen molar-refractivity contribution in [1.82, 2.24) is 15.1 Å². The first-order valence-corrected chi connectivity index (χ1v) is 7.66. The standard InChI is InChI=1S/C14H25N3O2/c18-13(19)14(17-8-2-5-15-6-10-17)4-9-16-7-1-3-12(16)11-14/h12,15H,1-11H2,(H,18,19). The summed E-state index contributed by atoms with van der Waals surface area (Å²) in [6.07, 6.45) is 5.09. The molecule has 0 saturated carbocycles. The Labute approximate surface area is 114 Å². The van der Waals surface area contributed by atoms with Crippen LogP contribution in [0, 0.1) is 0 Å². The number of nitrogens with zero attached hydrogens (tertiary/aromatic N) is 2. The molecular formula is C14H25N3O2. The molecule has 0 spiro atoms. The van der Waals surface area contributed by atoms with E-state index in [1.54, 1.807) is 0 Å². The predicted octanol–water partition coefficient (Wildman–Crippen LogP) is 0.363. The SMILES string of the molecule is O=C(O)C1(N2CCCNCC2)CCN2CCCC2C1. The van der Waals surface area contributed by atoms with E-state index in [1.807, 2.05) is 0 Å². The normalized spacial score (nSPS) is 37.8. The van der Waals surface area contributed by atoms with Crippen molar-refractivity contribution in [3.05, 3.63) is 0 Å². The van der Waals surface area contributed by atoms with Crippen LogP contribution in [0.3, 0.4) is 0 Å². The van der Waals surface area contributed by atoms with E-state index in [0.29, 0.717) is 6.04 Å². The highest BCUT2D eigenvalue weighted by molar-refractivity contribution is 5.79. The molecular weight excluding hydrogens is 242 g/mol. The predicted molar refractivity (Wildman–Crippen MR) is 73.3 cm³/mol. The molecule has 0 aromatic heterocycles. The van der Waals surface area contributed by atoms with E-state index in [1.165, 1.54) is 19.4 Å². The van der Waals surface area contributed by atoms with Crippen LogP contribution in [0.1, 0.15) is 32.1 Å². The molecule has 0 bridgehead atoms. The summed E-state index contributed by atoms with van der Waals surface area (Å²) in [5.74, 6) is -0.596. The summed E-state index contributed by atoms with van der Waals surface area (Å²) in [6.45, 7) is 5.86. The molecule has 5 nitrogen and oxygen atoms in total. The van der Waals surface area contributed by atoms with Crippen LogP contribution in [0.25, 0.3) is 0 Å². The number of hydrogen-bond donors (Lipinski definition) is 2. The lowest BCUT2D eigenvalue weighted by Crippen LogP contribution is -2.62. The lowest BCUT2D eigenvalue weighted by Gasteiger charge is -2.47. The summed E-state index contributed by atoms with van der Waals surface area (Å²) in [6, 6.07) is 0.501. The van der Waals surface area contributed by atoms with E-state index in [4.69, 9.17) is 0 Å². The monoisotopic (exact) mass is 267 g/mol. The first-order chi connectivity index (χ1) is 9.22. The Kier molecular flexibility index (Phi) is 3.78. The number of aliphatic carboxylic acids is 1. The van der Waals surface area contributed by atoms with E-state index in [2.05, 4.69) is 15.1 Å². The number of carboxylic acid groups (broad SMARTS) is 1. The van der Waals surface area contributed by atoms with Gasteiger partial charge in [0.25, 0.3) is 0 Å². The number of nitrogens with one attached hydrogen (secondary N) is 1. The van der Waals surface area contributed by atoms with Crippen molar-refractivity contribution in [3.63, 3.8) is 0 Å². The maximum Gasteiger partial charge on any atom is 0.324 e. The number of piperidine rings is 1. The molecule has 2 unspecified atom stereocenters. The second kappa shape index (κ2) is 5.38. The molecule has 3 aliphatic heterocycles. The Bertz CT molecular complexity index is 342. The van der Waals surface area contributed by atoms with Crippen molar-refractivity contribution in [1.29, 1.82) is 0 Å². The van der Waals surface area contributed by atoms with Gasteiger partial charge in [0, 0.05) is 32.2 Å². The van der Waals surface area contributed by atoms with Crippen LogP contribution in [0.4, 0.5) is 0 Å². The Morgan fingerprint density at radius 2 is 2.05 bits per heavy atom. The quantitative estimate of drug-likeness (QED) is 0.757. The van der Waals surface area contributed by atoms with Gasteiger partial charge in [-0.25, -0.2) is 0 Å². The number of hydrogen-bond acceptors (Lipinski definition) is 4. The Morgan fingerprint density at radius 3 is 2.89 bits per heavy atom. The van der Waals surface area contributed by atoms with Crippen molar-refractivity contribution in [2.24, 2.45) is 0 Å². The molecule has 3 saturated heterocycles. The summed E-state index contributed by atoms with van der Waals surface area (Å²) in [5, 5.41) is 13.2. The largest absolute Gasteiger partial charge is 0.480 e. The van der Waals surface area contributed by atoms with Crippen molar-refractivity contribution < 1.29 is 9.90 Å². The van der Waals surface area contributed by atoms with E-state index in [9.17, 15) is 9.90 Å². The minimum atomic E-state index is -0.600. The van der Waals surface area contributed by atoms with E-state index in [0.717, 1.165) is 52.0 Å². The highest BCUT2D eigenvalue weighted by Crippen LogP contribution is 2.37. The molecule has 108 valence electrons. The zero-order valence-corrected chi connectivity index (χ0v) is 11.6. The number of carboxylic acids is 1. The first kappa shape index (κ1) is 13.3. The third-order valence-electron chi connectivity index (χ3n) is 5.23. The Hall–Kier alpha value is -0.650. The maximum absolute atomic E-state index is 12.0. The molecule has 3 fully saturated rings. The van der Waals surface area contributed by atoms with Crippen LogP contribution in [-0.4, -0.2) is 71.7 Å². The lowest BCUT2D eigenvalue weighted by atomic mass is 9.81. The molecule has 5 heteroatoms. The number of fused-ring (bicyclic) bond motifs is 1. The number of carbonyl (C=O) groups is 1. The van der Waals surface area contributed by atoms with Crippen LogP contribution in [0.15, 0.2) is 0 Å². The fourth-order valence-corrected chi connectivity index (χ4v) is 4.13. The van der Waals surface area contributed by atoms with Crippen molar-refractivity contribution in [3.8, 4) is 0 Å². The zero-order chi connectivity index (χ0) is 13.3. The third-order valence-corrected chi connectivity index (χ3v) is 5.23. The second-order valence-corrected chi connectivity index (χ2v) is 6.21. The minimum absolute atomic E-state index is 0.501. The smallest absolute Gasteiger partial charge is 0.324 e. The second-order valence-electron chi connectivity index (χ2n) is 6.21. The van der Waals surface area contributed by atoms with Gasteiger partial charge in [0.1, 0.15) is 5.54 Å². The van der Waals surface area contributed by atoms with Crippen LogP contribution < -0.4 is 5.32 Å². The average Bonchev–Trinajstić information content (AvgIpc) is 2.69. The van der Waals surface area contributed by atoms with Gasteiger partial charge in [-0.1, -0.05) is 0 Å². The Morgan fingerprint density at radius 1 is 1.16 bits per heavy atom. The fraction of sp³-hybridized carbons (Fsp3) is 0.929. The van der Waals surface area contributed by atoms with Gasteiger partial charge in [-0.05, 0) is 45.2 Å². The molecule has 0 radical (unpaired) electrons. The summed E-state index contributed by atoms with van der Waals surface area (Å²) in [7, 11) is 0. The molecule has 2 N–H and O–H groups in total. The summed E-state index contributed by atoms with van der Waals surface area (Å²) in [4.78, 5) is 16.7. The van der Waals surface area contributed by atoms with Gasteiger partial charge in [-0.15, -0.1) is 0 Å². The van der Waals surface area contributed by atoms with Gasteiger partial charge in [0.05, 0.1) is 0 Å². The summed E-state index contributed by atoms with van der Waals surface area (Å²) in [5.41, 5.74) is -0.600. The average molecular weight is 267 g/mol. The molecule has 0 aromatic carbocycles. The van der Waals surface area contributed by atoms with Gasteiger partial charge in [-0.2, -0.15) is 0 Å². The van der Waals surface area contributed by atoms with Crippen molar-refractivity contribution in [2.75, 3.05) is 39.3 Å². The van der Waals surface area contributed by atoms with Gasteiger partial charge >= 0.3 is 5.97 Å². The third kappa shape index (κ3) is 2.39. The van der Waals surface area contributed by atoms with Gasteiger partial charge < -0.3 is 15.3 Å².